The molecular weight excluding hydrogens is 324 g/mol. The van der Waals surface area contributed by atoms with Crippen LogP contribution < -0.4 is 5.32 Å². The first-order chi connectivity index (χ1) is 12.6. The van der Waals surface area contributed by atoms with E-state index in [2.05, 4.69) is 43.4 Å². The van der Waals surface area contributed by atoms with E-state index >= 15 is 0 Å². The zero-order chi connectivity index (χ0) is 18.8. The number of carbonyl (C=O) groups is 2. The Bertz CT molecular complexity index is 561. The molecule has 1 saturated carbocycles. The molecule has 0 atom stereocenters. The topological polar surface area (TPSA) is 49.4 Å². The lowest BCUT2D eigenvalue weighted by molar-refractivity contribution is -0.131. The van der Waals surface area contributed by atoms with E-state index in [1.807, 2.05) is 11.0 Å². The summed E-state index contributed by atoms with van der Waals surface area (Å²) in [5.41, 5.74) is 1.45. The van der Waals surface area contributed by atoms with Crippen molar-refractivity contribution in [1.82, 2.24) is 10.2 Å². The van der Waals surface area contributed by atoms with Crippen molar-refractivity contribution < 1.29 is 9.59 Å². The molecule has 4 heteroatoms. The molecule has 0 heterocycles. The van der Waals surface area contributed by atoms with Crippen LogP contribution in [0.1, 0.15) is 70.8 Å². The third-order valence-corrected chi connectivity index (χ3v) is 5.46. The van der Waals surface area contributed by atoms with E-state index in [9.17, 15) is 9.59 Å². The van der Waals surface area contributed by atoms with Gasteiger partial charge in [0, 0.05) is 37.9 Å². The van der Waals surface area contributed by atoms with Crippen molar-refractivity contribution in [2.24, 2.45) is 0 Å². The van der Waals surface area contributed by atoms with Gasteiger partial charge in [0.05, 0.1) is 0 Å². The van der Waals surface area contributed by atoms with Crippen LogP contribution in [0.4, 0.5) is 0 Å². The SMILES string of the molecule is CCCN(CCC)C(=O)CCCC(=O)NCC1(c2ccccc2)CCC1. The molecule has 4 nitrogen and oxygen atoms in total. The highest BCUT2D eigenvalue weighted by Crippen LogP contribution is 2.43. The van der Waals surface area contributed by atoms with Crippen LogP contribution in [0.25, 0.3) is 0 Å². The number of rotatable bonds is 11. The van der Waals surface area contributed by atoms with E-state index in [-0.39, 0.29) is 17.2 Å². The van der Waals surface area contributed by atoms with E-state index in [1.54, 1.807) is 0 Å². The van der Waals surface area contributed by atoms with E-state index in [0.29, 0.717) is 25.8 Å². The lowest BCUT2D eigenvalue weighted by Crippen LogP contribution is -2.45. The molecule has 0 spiro atoms. The Balaban J connectivity index is 1.73. The van der Waals surface area contributed by atoms with Crippen molar-refractivity contribution in [3.63, 3.8) is 0 Å². The summed E-state index contributed by atoms with van der Waals surface area (Å²) in [7, 11) is 0. The van der Waals surface area contributed by atoms with Gasteiger partial charge in [-0.3, -0.25) is 9.59 Å². The summed E-state index contributed by atoms with van der Waals surface area (Å²) in [5.74, 6) is 0.249. The lowest BCUT2D eigenvalue weighted by atomic mass is 9.64. The third kappa shape index (κ3) is 5.58. The summed E-state index contributed by atoms with van der Waals surface area (Å²) in [6.45, 7) is 6.53. The molecule has 2 amide bonds. The second-order valence-corrected chi connectivity index (χ2v) is 7.51. The Morgan fingerprint density at radius 1 is 1.04 bits per heavy atom. The molecule has 0 bridgehead atoms. The van der Waals surface area contributed by atoms with Crippen LogP contribution in [0, 0.1) is 0 Å². The normalized spacial score (nSPS) is 15.2. The Morgan fingerprint density at radius 2 is 1.69 bits per heavy atom. The summed E-state index contributed by atoms with van der Waals surface area (Å²) in [6.07, 6.45) is 7.00. The van der Waals surface area contributed by atoms with Gasteiger partial charge >= 0.3 is 0 Å². The maximum atomic E-state index is 12.3. The van der Waals surface area contributed by atoms with Crippen LogP contribution in [0.2, 0.25) is 0 Å². The standard InChI is InChI=1S/C22H34N2O2/c1-3-16-24(17-4-2)21(26)13-8-12-20(25)23-18-22(14-9-15-22)19-10-6-5-7-11-19/h5-7,10-11H,3-4,8-9,12-18H2,1-2H3,(H,23,25). The van der Waals surface area contributed by atoms with E-state index in [4.69, 9.17) is 0 Å². The first-order valence-electron chi connectivity index (χ1n) is 10.2. The fourth-order valence-corrected chi connectivity index (χ4v) is 3.78. The molecule has 0 aliphatic heterocycles. The minimum Gasteiger partial charge on any atom is -0.355 e. The molecule has 0 saturated heterocycles. The lowest BCUT2D eigenvalue weighted by Gasteiger charge is -2.42. The number of amides is 2. The number of hydrogen-bond donors (Lipinski definition) is 1. The predicted molar refractivity (Wildman–Crippen MR) is 106 cm³/mol. The quantitative estimate of drug-likeness (QED) is 0.649. The molecule has 0 aromatic heterocycles. The van der Waals surface area contributed by atoms with Gasteiger partial charge in [-0.25, -0.2) is 0 Å². The van der Waals surface area contributed by atoms with Gasteiger partial charge < -0.3 is 10.2 Å². The van der Waals surface area contributed by atoms with Crippen LogP contribution in [-0.2, 0) is 15.0 Å². The molecule has 144 valence electrons. The van der Waals surface area contributed by atoms with Gasteiger partial charge in [-0.05, 0) is 37.7 Å². The van der Waals surface area contributed by atoms with Crippen molar-refractivity contribution in [3.8, 4) is 0 Å². The second kappa shape index (κ2) is 10.3. The highest BCUT2D eigenvalue weighted by molar-refractivity contribution is 5.79. The first kappa shape index (κ1) is 20.5. The summed E-state index contributed by atoms with van der Waals surface area (Å²) in [4.78, 5) is 26.4. The zero-order valence-corrected chi connectivity index (χ0v) is 16.4. The Kier molecular flexibility index (Phi) is 8.14. The van der Waals surface area contributed by atoms with Crippen LogP contribution in [-0.4, -0.2) is 36.3 Å². The summed E-state index contributed by atoms with van der Waals surface area (Å²) >= 11 is 0. The molecule has 1 aliphatic carbocycles. The average molecular weight is 359 g/mol. The van der Waals surface area contributed by atoms with Crippen molar-refractivity contribution in [3.05, 3.63) is 35.9 Å². The Morgan fingerprint density at radius 3 is 2.23 bits per heavy atom. The minimum atomic E-state index is 0.0672. The van der Waals surface area contributed by atoms with Crippen molar-refractivity contribution >= 4 is 11.8 Å². The van der Waals surface area contributed by atoms with E-state index in [1.165, 1.54) is 12.0 Å². The molecule has 1 aromatic carbocycles. The first-order valence-corrected chi connectivity index (χ1v) is 10.2. The van der Waals surface area contributed by atoms with Crippen LogP contribution in [0.15, 0.2) is 30.3 Å². The van der Waals surface area contributed by atoms with E-state index in [0.717, 1.165) is 38.8 Å². The van der Waals surface area contributed by atoms with Gasteiger partial charge in [-0.2, -0.15) is 0 Å². The number of benzene rings is 1. The molecule has 1 aliphatic rings. The fraction of sp³-hybridized carbons (Fsp3) is 0.636. The molecule has 0 radical (unpaired) electrons. The third-order valence-electron chi connectivity index (χ3n) is 5.46. The van der Waals surface area contributed by atoms with Gasteiger partial charge in [-0.15, -0.1) is 0 Å². The fourth-order valence-electron chi connectivity index (χ4n) is 3.78. The molecule has 2 rings (SSSR count). The van der Waals surface area contributed by atoms with Gasteiger partial charge in [-0.1, -0.05) is 50.6 Å². The summed E-state index contributed by atoms with van der Waals surface area (Å²) in [5, 5.41) is 3.11. The Labute approximate surface area is 158 Å². The second-order valence-electron chi connectivity index (χ2n) is 7.51. The zero-order valence-electron chi connectivity index (χ0n) is 16.4. The number of nitrogens with one attached hydrogen (secondary N) is 1. The highest BCUT2D eigenvalue weighted by atomic mass is 16.2. The van der Waals surface area contributed by atoms with Gasteiger partial charge in [0.15, 0.2) is 0 Å². The van der Waals surface area contributed by atoms with Crippen LogP contribution >= 0.6 is 0 Å². The number of hydrogen-bond acceptors (Lipinski definition) is 2. The smallest absolute Gasteiger partial charge is 0.222 e. The van der Waals surface area contributed by atoms with Gasteiger partial charge in [0.25, 0.3) is 0 Å². The largest absolute Gasteiger partial charge is 0.355 e. The van der Waals surface area contributed by atoms with Crippen molar-refractivity contribution in [2.45, 2.75) is 70.6 Å². The van der Waals surface area contributed by atoms with Crippen LogP contribution in [0.5, 0.6) is 0 Å². The molecule has 1 N–H and O–H groups in total. The monoisotopic (exact) mass is 358 g/mol. The summed E-state index contributed by atoms with van der Waals surface area (Å²) in [6, 6.07) is 10.5. The maximum absolute atomic E-state index is 12.3. The van der Waals surface area contributed by atoms with Crippen molar-refractivity contribution in [2.75, 3.05) is 19.6 Å². The average Bonchev–Trinajstić information content (AvgIpc) is 2.61. The number of nitrogens with zero attached hydrogens (tertiary/aromatic N) is 1. The van der Waals surface area contributed by atoms with Crippen molar-refractivity contribution in [1.29, 1.82) is 0 Å². The maximum Gasteiger partial charge on any atom is 0.222 e. The van der Waals surface area contributed by atoms with Gasteiger partial charge in [0.1, 0.15) is 0 Å². The predicted octanol–water partition coefficient (Wildman–Crippen LogP) is 4.04. The van der Waals surface area contributed by atoms with E-state index < -0.39 is 0 Å². The summed E-state index contributed by atoms with van der Waals surface area (Å²) < 4.78 is 0. The minimum absolute atomic E-state index is 0.0672. The molecule has 1 fully saturated rings. The molecule has 1 aromatic rings. The Hall–Kier alpha value is -1.84. The molecule has 26 heavy (non-hydrogen) atoms. The number of carbonyl (C=O) groups excluding carboxylic acids is 2. The highest BCUT2D eigenvalue weighted by Gasteiger charge is 2.38. The van der Waals surface area contributed by atoms with Gasteiger partial charge in [0.2, 0.25) is 11.8 Å². The molecular formula is C22H34N2O2. The molecule has 0 unspecified atom stereocenters. The van der Waals surface area contributed by atoms with Crippen LogP contribution in [0.3, 0.4) is 0 Å².